The van der Waals surface area contributed by atoms with Gasteiger partial charge in [-0.25, -0.2) is 0 Å². The minimum atomic E-state index is -0.0888. The number of amides is 1. The van der Waals surface area contributed by atoms with Crippen molar-refractivity contribution in [3.05, 3.63) is 39.5 Å². The molecule has 0 fully saturated rings. The third-order valence-electron chi connectivity index (χ3n) is 2.82. The highest BCUT2D eigenvalue weighted by atomic mass is 35.5. The van der Waals surface area contributed by atoms with E-state index in [0.717, 1.165) is 17.1 Å². The maximum Gasteiger partial charge on any atom is 0.258 e. The predicted molar refractivity (Wildman–Crippen MR) is 71.8 cm³/mol. The van der Waals surface area contributed by atoms with E-state index < -0.39 is 0 Å². The number of fused-ring (bicyclic) bond motifs is 2. The van der Waals surface area contributed by atoms with E-state index in [1.165, 1.54) is 11.3 Å². The second kappa shape index (κ2) is 3.75. The lowest BCUT2D eigenvalue weighted by Gasteiger charge is -2.19. The molecule has 0 bridgehead atoms. The molecule has 0 radical (unpaired) electrons. The molecule has 1 aromatic carbocycles. The van der Waals surface area contributed by atoms with Crippen LogP contribution in [0.15, 0.2) is 29.0 Å². The van der Waals surface area contributed by atoms with E-state index in [2.05, 4.69) is 5.32 Å². The van der Waals surface area contributed by atoms with Gasteiger partial charge < -0.3 is 10.2 Å². The SMILES string of the molecule is CN1c2ccc(Cl)cc2NC(=O)c2cscc21. The molecule has 0 spiro atoms. The summed E-state index contributed by atoms with van der Waals surface area (Å²) in [6, 6.07) is 5.49. The van der Waals surface area contributed by atoms with Crippen LogP contribution in [0, 0.1) is 0 Å². The second-order valence-corrected chi connectivity index (χ2v) is 5.03. The van der Waals surface area contributed by atoms with Crippen LogP contribution in [0.3, 0.4) is 0 Å². The molecule has 3 nitrogen and oxygen atoms in total. The Balaban J connectivity index is 2.23. The van der Waals surface area contributed by atoms with Gasteiger partial charge in [-0.3, -0.25) is 4.79 Å². The highest BCUT2D eigenvalue weighted by Gasteiger charge is 2.23. The zero-order chi connectivity index (χ0) is 12.0. The Morgan fingerprint density at radius 2 is 2.12 bits per heavy atom. The largest absolute Gasteiger partial charge is 0.342 e. The number of thiophene rings is 1. The summed E-state index contributed by atoms with van der Waals surface area (Å²) in [5.41, 5.74) is 3.31. The Morgan fingerprint density at radius 1 is 1.29 bits per heavy atom. The number of anilines is 3. The fourth-order valence-electron chi connectivity index (χ4n) is 1.94. The van der Waals surface area contributed by atoms with Crippen molar-refractivity contribution in [2.45, 2.75) is 0 Å². The molecular formula is C12H9ClN2OS. The van der Waals surface area contributed by atoms with Crippen molar-refractivity contribution in [2.75, 3.05) is 17.3 Å². The van der Waals surface area contributed by atoms with Gasteiger partial charge in [0.1, 0.15) is 0 Å². The molecule has 0 atom stereocenters. The molecule has 1 amide bonds. The minimum absolute atomic E-state index is 0.0888. The van der Waals surface area contributed by atoms with E-state index in [-0.39, 0.29) is 5.91 Å². The number of carbonyl (C=O) groups is 1. The van der Waals surface area contributed by atoms with E-state index in [4.69, 9.17) is 11.6 Å². The zero-order valence-electron chi connectivity index (χ0n) is 9.03. The number of hydrogen-bond acceptors (Lipinski definition) is 3. The van der Waals surface area contributed by atoms with Crippen molar-refractivity contribution < 1.29 is 4.79 Å². The third-order valence-corrected chi connectivity index (χ3v) is 3.78. The van der Waals surface area contributed by atoms with Crippen LogP contribution in [0.5, 0.6) is 0 Å². The maximum atomic E-state index is 12.0. The van der Waals surface area contributed by atoms with Crippen molar-refractivity contribution in [3.63, 3.8) is 0 Å². The standard InChI is InChI=1S/C12H9ClN2OS/c1-15-10-3-2-7(13)4-9(10)14-12(16)8-5-17-6-11(8)15/h2-6H,1H3,(H,14,16). The van der Waals surface area contributed by atoms with Gasteiger partial charge in [-0.05, 0) is 18.2 Å². The highest BCUT2D eigenvalue weighted by molar-refractivity contribution is 7.08. The first kappa shape index (κ1) is 10.6. The van der Waals surface area contributed by atoms with E-state index in [1.807, 2.05) is 34.8 Å². The summed E-state index contributed by atoms with van der Waals surface area (Å²) in [7, 11) is 1.94. The number of nitrogens with one attached hydrogen (secondary N) is 1. The first-order valence-corrected chi connectivity index (χ1v) is 6.40. The van der Waals surface area contributed by atoms with Crippen LogP contribution >= 0.6 is 22.9 Å². The Morgan fingerprint density at radius 3 is 2.94 bits per heavy atom. The second-order valence-electron chi connectivity index (χ2n) is 3.85. The summed E-state index contributed by atoms with van der Waals surface area (Å²) in [5.74, 6) is -0.0888. The van der Waals surface area contributed by atoms with Gasteiger partial charge in [0.15, 0.2) is 0 Å². The van der Waals surface area contributed by atoms with Crippen LogP contribution in [-0.4, -0.2) is 13.0 Å². The summed E-state index contributed by atoms with van der Waals surface area (Å²) >= 11 is 7.46. The average Bonchev–Trinajstić information content (AvgIpc) is 2.74. The lowest BCUT2D eigenvalue weighted by atomic mass is 10.2. The topological polar surface area (TPSA) is 32.3 Å². The van der Waals surface area contributed by atoms with Gasteiger partial charge in [-0.1, -0.05) is 11.6 Å². The molecule has 0 saturated carbocycles. The minimum Gasteiger partial charge on any atom is -0.342 e. The summed E-state index contributed by atoms with van der Waals surface area (Å²) in [5, 5.41) is 7.32. The number of hydrogen-bond donors (Lipinski definition) is 1. The molecule has 1 N–H and O–H groups in total. The van der Waals surface area contributed by atoms with E-state index in [9.17, 15) is 4.79 Å². The molecule has 2 aromatic rings. The molecular weight excluding hydrogens is 256 g/mol. The predicted octanol–water partition coefficient (Wildman–Crippen LogP) is 3.74. The molecule has 17 heavy (non-hydrogen) atoms. The average molecular weight is 265 g/mol. The lowest BCUT2D eigenvalue weighted by Crippen LogP contribution is -2.09. The third kappa shape index (κ3) is 1.61. The van der Waals surface area contributed by atoms with Gasteiger partial charge in [0, 0.05) is 22.8 Å². The number of halogens is 1. The quantitative estimate of drug-likeness (QED) is 0.786. The highest BCUT2D eigenvalue weighted by Crippen LogP contribution is 2.39. The molecule has 2 heterocycles. The van der Waals surface area contributed by atoms with E-state index in [0.29, 0.717) is 10.6 Å². The number of benzene rings is 1. The summed E-state index contributed by atoms with van der Waals surface area (Å²) < 4.78 is 0. The van der Waals surface area contributed by atoms with Gasteiger partial charge in [-0.2, -0.15) is 0 Å². The Labute approximate surface area is 108 Å². The van der Waals surface area contributed by atoms with Crippen LogP contribution in [0.2, 0.25) is 5.02 Å². The first-order valence-electron chi connectivity index (χ1n) is 5.07. The van der Waals surface area contributed by atoms with Crippen LogP contribution in [0.25, 0.3) is 0 Å². The van der Waals surface area contributed by atoms with Gasteiger partial charge >= 0.3 is 0 Å². The molecule has 3 rings (SSSR count). The monoisotopic (exact) mass is 264 g/mol. The van der Waals surface area contributed by atoms with Gasteiger partial charge in [0.05, 0.1) is 22.6 Å². The van der Waals surface area contributed by atoms with Crippen molar-refractivity contribution >= 4 is 45.9 Å². The smallest absolute Gasteiger partial charge is 0.258 e. The normalized spacial score (nSPS) is 13.8. The zero-order valence-corrected chi connectivity index (χ0v) is 10.6. The molecule has 0 unspecified atom stereocenters. The van der Waals surface area contributed by atoms with Crippen molar-refractivity contribution in [1.82, 2.24) is 0 Å². The first-order chi connectivity index (χ1) is 8.16. The van der Waals surface area contributed by atoms with Gasteiger partial charge in [-0.15, -0.1) is 11.3 Å². The molecule has 86 valence electrons. The van der Waals surface area contributed by atoms with E-state index in [1.54, 1.807) is 6.07 Å². The van der Waals surface area contributed by atoms with Gasteiger partial charge in [0.2, 0.25) is 0 Å². The number of rotatable bonds is 0. The Kier molecular flexibility index (Phi) is 2.34. The fraction of sp³-hybridized carbons (Fsp3) is 0.0833. The van der Waals surface area contributed by atoms with Crippen LogP contribution in [0.1, 0.15) is 10.4 Å². The maximum absolute atomic E-state index is 12.0. The van der Waals surface area contributed by atoms with E-state index >= 15 is 0 Å². The molecule has 1 aliphatic rings. The van der Waals surface area contributed by atoms with Crippen molar-refractivity contribution in [3.8, 4) is 0 Å². The van der Waals surface area contributed by atoms with Gasteiger partial charge in [0.25, 0.3) is 5.91 Å². The summed E-state index contributed by atoms with van der Waals surface area (Å²) in [4.78, 5) is 14.0. The lowest BCUT2D eigenvalue weighted by molar-refractivity contribution is 0.102. The molecule has 5 heteroatoms. The molecule has 0 aliphatic carbocycles. The Bertz CT molecular complexity index is 608. The fourth-order valence-corrected chi connectivity index (χ4v) is 2.96. The summed E-state index contributed by atoms with van der Waals surface area (Å²) in [6.45, 7) is 0. The van der Waals surface area contributed by atoms with Crippen molar-refractivity contribution in [1.29, 1.82) is 0 Å². The van der Waals surface area contributed by atoms with Crippen LogP contribution in [-0.2, 0) is 0 Å². The number of nitrogens with zero attached hydrogens (tertiary/aromatic N) is 1. The molecule has 1 aliphatic heterocycles. The van der Waals surface area contributed by atoms with Crippen molar-refractivity contribution in [2.24, 2.45) is 0 Å². The Hall–Kier alpha value is -1.52. The number of carbonyl (C=O) groups excluding carboxylic acids is 1. The molecule has 1 aromatic heterocycles. The van der Waals surface area contributed by atoms with Crippen LogP contribution in [0.4, 0.5) is 17.1 Å². The molecule has 0 saturated heterocycles. The van der Waals surface area contributed by atoms with Crippen LogP contribution < -0.4 is 10.2 Å². The summed E-state index contributed by atoms with van der Waals surface area (Å²) in [6.07, 6.45) is 0.